The molecule has 1 heterocycles. The third-order valence-corrected chi connectivity index (χ3v) is 5.21. The van der Waals surface area contributed by atoms with Crippen LogP contribution in [0.4, 0.5) is 13.2 Å². The lowest BCUT2D eigenvalue weighted by Gasteiger charge is -2.38. The van der Waals surface area contributed by atoms with Crippen LogP contribution in [0, 0.1) is 17.8 Å². The Labute approximate surface area is 138 Å². The van der Waals surface area contributed by atoms with Gasteiger partial charge in [0, 0.05) is 11.8 Å². The fourth-order valence-corrected chi connectivity index (χ4v) is 3.77. The Balaban J connectivity index is 1.66. The first-order chi connectivity index (χ1) is 11.0. The lowest BCUT2D eigenvalue weighted by Crippen LogP contribution is -2.45. The summed E-state index contributed by atoms with van der Waals surface area (Å²) in [6, 6.07) is 0. The normalized spacial score (nSPS) is 40.0. The Morgan fingerprint density at radius 1 is 1.00 bits per heavy atom. The van der Waals surface area contributed by atoms with Crippen LogP contribution >= 0.6 is 0 Å². The third-order valence-electron chi connectivity index (χ3n) is 5.21. The molecule has 0 N–H and O–H groups in total. The maximum atomic E-state index is 13.5. The Morgan fingerprint density at radius 2 is 1.61 bits per heavy atom. The van der Waals surface area contributed by atoms with Gasteiger partial charge in [0.15, 0.2) is 12.5 Å². The molecule has 2 fully saturated rings. The zero-order chi connectivity index (χ0) is 16.8. The van der Waals surface area contributed by atoms with Crippen molar-refractivity contribution in [3.05, 3.63) is 0 Å². The highest BCUT2D eigenvalue weighted by Gasteiger charge is 2.43. The first-order valence-electron chi connectivity index (χ1n) is 9.16. The highest BCUT2D eigenvalue weighted by molar-refractivity contribution is 4.88. The third kappa shape index (κ3) is 5.63. The van der Waals surface area contributed by atoms with E-state index in [9.17, 15) is 13.2 Å². The molecular formula is C18H31F3O2. The minimum Gasteiger partial charge on any atom is -0.352 e. The summed E-state index contributed by atoms with van der Waals surface area (Å²) in [5, 5.41) is 0. The van der Waals surface area contributed by atoms with Crippen molar-refractivity contribution in [3.8, 4) is 0 Å². The topological polar surface area (TPSA) is 18.5 Å². The summed E-state index contributed by atoms with van der Waals surface area (Å²) in [4.78, 5) is 0. The van der Waals surface area contributed by atoms with Crippen molar-refractivity contribution in [2.24, 2.45) is 17.8 Å². The molecule has 2 aliphatic rings. The van der Waals surface area contributed by atoms with Gasteiger partial charge in [0.05, 0.1) is 13.2 Å². The molecule has 5 heteroatoms. The molecule has 0 amide bonds. The molecule has 0 radical (unpaired) electrons. The lowest BCUT2D eigenvalue weighted by molar-refractivity contribution is -0.236. The van der Waals surface area contributed by atoms with Gasteiger partial charge in [-0.2, -0.15) is 0 Å². The number of ether oxygens (including phenoxy) is 2. The van der Waals surface area contributed by atoms with E-state index in [1.54, 1.807) is 0 Å². The van der Waals surface area contributed by atoms with E-state index in [1.807, 2.05) is 0 Å². The fourth-order valence-electron chi connectivity index (χ4n) is 3.77. The highest BCUT2D eigenvalue weighted by atomic mass is 19.2. The molecule has 0 bridgehead atoms. The van der Waals surface area contributed by atoms with Gasteiger partial charge in [0.25, 0.3) is 0 Å². The van der Waals surface area contributed by atoms with Crippen LogP contribution in [0.25, 0.3) is 0 Å². The monoisotopic (exact) mass is 336 g/mol. The van der Waals surface area contributed by atoms with Gasteiger partial charge in [-0.15, -0.1) is 0 Å². The minimum atomic E-state index is -1.99. The standard InChI is InChI=1S/C18H31F3O2/c1-3-5-12(2)6-4-7-13-10-22-18(23-11-13)14-8-15(19)17(21)16(20)9-14/h12-18H,3-11H2,1-2H3. The summed E-state index contributed by atoms with van der Waals surface area (Å²) in [7, 11) is 0. The highest BCUT2D eigenvalue weighted by Crippen LogP contribution is 2.36. The van der Waals surface area contributed by atoms with Crippen LogP contribution in [0.15, 0.2) is 0 Å². The van der Waals surface area contributed by atoms with Gasteiger partial charge in [-0.3, -0.25) is 0 Å². The molecule has 0 aromatic rings. The molecule has 3 unspecified atom stereocenters. The molecule has 0 spiro atoms. The van der Waals surface area contributed by atoms with Crippen LogP contribution in [-0.4, -0.2) is 38.0 Å². The fraction of sp³-hybridized carbons (Fsp3) is 1.00. The van der Waals surface area contributed by atoms with Gasteiger partial charge in [0.1, 0.15) is 12.3 Å². The van der Waals surface area contributed by atoms with Crippen molar-refractivity contribution < 1.29 is 22.6 Å². The maximum Gasteiger partial charge on any atom is 0.162 e. The summed E-state index contributed by atoms with van der Waals surface area (Å²) >= 11 is 0. The van der Waals surface area contributed by atoms with Crippen LogP contribution in [-0.2, 0) is 9.47 Å². The molecule has 136 valence electrons. The first-order valence-corrected chi connectivity index (χ1v) is 9.16. The second-order valence-electron chi connectivity index (χ2n) is 7.43. The smallest absolute Gasteiger partial charge is 0.162 e. The Bertz CT molecular complexity index is 322. The van der Waals surface area contributed by atoms with Gasteiger partial charge in [-0.05, 0) is 25.2 Å². The maximum absolute atomic E-state index is 13.5. The Hall–Kier alpha value is -0.290. The van der Waals surface area contributed by atoms with Crippen LogP contribution in [0.3, 0.4) is 0 Å². The molecular weight excluding hydrogens is 305 g/mol. The van der Waals surface area contributed by atoms with Crippen molar-refractivity contribution in [3.63, 3.8) is 0 Å². The van der Waals surface area contributed by atoms with Crippen LogP contribution < -0.4 is 0 Å². The summed E-state index contributed by atoms with van der Waals surface area (Å²) in [6.07, 6.45) is -0.121. The molecule has 0 aromatic carbocycles. The lowest BCUT2D eigenvalue weighted by atomic mass is 9.84. The molecule has 0 aromatic heterocycles. The molecule has 2 nitrogen and oxygen atoms in total. The van der Waals surface area contributed by atoms with Crippen LogP contribution in [0.2, 0.25) is 0 Å². The summed E-state index contributed by atoms with van der Waals surface area (Å²) < 4.78 is 51.6. The largest absolute Gasteiger partial charge is 0.352 e. The SMILES string of the molecule is CCCC(C)CCCC1COC(C2CC(F)C(F)C(F)C2)OC1. The predicted octanol–water partition coefficient (Wildman–Crippen LogP) is 5.01. The van der Waals surface area contributed by atoms with Crippen LogP contribution in [0.5, 0.6) is 0 Å². The van der Waals surface area contributed by atoms with Gasteiger partial charge in [0.2, 0.25) is 0 Å². The molecule has 1 aliphatic carbocycles. The average molecular weight is 336 g/mol. The van der Waals surface area contributed by atoms with Crippen molar-refractivity contribution in [2.45, 2.75) is 83.6 Å². The van der Waals surface area contributed by atoms with Crippen molar-refractivity contribution in [1.29, 1.82) is 0 Å². The predicted molar refractivity (Wildman–Crippen MR) is 84.5 cm³/mol. The van der Waals surface area contributed by atoms with Gasteiger partial charge >= 0.3 is 0 Å². The summed E-state index contributed by atoms with van der Waals surface area (Å²) in [5.41, 5.74) is 0. The Morgan fingerprint density at radius 3 is 2.17 bits per heavy atom. The van der Waals surface area contributed by atoms with Gasteiger partial charge in [-0.1, -0.05) is 39.5 Å². The quantitative estimate of drug-likeness (QED) is 0.651. The molecule has 1 saturated heterocycles. The molecule has 3 atom stereocenters. The zero-order valence-corrected chi connectivity index (χ0v) is 14.4. The second-order valence-corrected chi connectivity index (χ2v) is 7.43. The van der Waals surface area contributed by atoms with E-state index in [0.717, 1.165) is 18.8 Å². The number of hydrogen-bond donors (Lipinski definition) is 0. The molecule has 1 saturated carbocycles. The minimum absolute atomic E-state index is 0.00848. The number of hydrogen-bond acceptors (Lipinski definition) is 2. The van der Waals surface area contributed by atoms with Gasteiger partial charge < -0.3 is 9.47 Å². The molecule has 23 heavy (non-hydrogen) atoms. The van der Waals surface area contributed by atoms with Crippen LogP contribution in [0.1, 0.15) is 58.8 Å². The number of halogens is 3. The van der Waals surface area contributed by atoms with E-state index in [2.05, 4.69) is 13.8 Å². The number of rotatable bonds is 7. The number of alkyl halides is 3. The van der Waals surface area contributed by atoms with Gasteiger partial charge in [-0.25, -0.2) is 13.2 Å². The first kappa shape index (κ1) is 19.0. The van der Waals surface area contributed by atoms with Crippen molar-refractivity contribution >= 4 is 0 Å². The second kappa shape index (κ2) is 9.26. The van der Waals surface area contributed by atoms with E-state index < -0.39 is 24.8 Å². The van der Waals surface area contributed by atoms with E-state index in [4.69, 9.17) is 9.47 Å². The van der Waals surface area contributed by atoms with Crippen molar-refractivity contribution in [1.82, 2.24) is 0 Å². The average Bonchev–Trinajstić information content (AvgIpc) is 2.53. The van der Waals surface area contributed by atoms with E-state index in [0.29, 0.717) is 19.1 Å². The van der Waals surface area contributed by atoms with E-state index in [-0.39, 0.29) is 18.8 Å². The summed E-state index contributed by atoms with van der Waals surface area (Å²) in [6.45, 7) is 5.65. The Kier molecular flexibility index (Phi) is 7.67. The molecule has 2 rings (SSSR count). The zero-order valence-electron chi connectivity index (χ0n) is 14.4. The summed E-state index contributed by atoms with van der Waals surface area (Å²) in [5.74, 6) is 0.745. The van der Waals surface area contributed by atoms with E-state index >= 15 is 0 Å². The molecule has 1 aliphatic heterocycles. The van der Waals surface area contributed by atoms with Crippen molar-refractivity contribution in [2.75, 3.05) is 13.2 Å². The van der Waals surface area contributed by atoms with E-state index in [1.165, 1.54) is 19.3 Å².